The summed E-state index contributed by atoms with van der Waals surface area (Å²) in [6.45, 7) is 3.78. The Balaban J connectivity index is 3.84. The minimum Gasteiger partial charge on any atom is -0.388 e. The van der Waals surface area contributed by atoms with Gasteiger partial charge in [-0.2, -0.15) is 17.7 Å². The van der Waals surface area contributed by atoms with Crippen LogP contribution in [0.3, 0.4) is 0 Å². The van der Waals surface area contributed by atoms with E-state index >= 15 is 0 Å². The maximum absolute atomic E-state index is 4.95. The van der Waals surface area contributed by atoms with Crippen molar-refractivity contribution in [1.82, 2.24) is 0 Å². The first-order valence-electron chi connectivity index (χ1n) is 2.64. The van der Waals surface area contributed by atoms with Gasteiger partial charge in [-0.1, -0.05) is 0 Å². The molecular formula is C5H11N3S. The predicted octanol–water partition coefficient (Wildman–Crippen LogP) is 0.668. The van der Waals surface area contributed by atoms with Crippen LogP contribution in [-0.2, 0) is 0 Å². The van der Waals surface area contributed by atoms with Crippen LogP contribution in [0.2, 0.25) is 0 Å². The third-order valence-corrected chi connectivity index (χ3v) is 1.26. The topological polar surface area (TPSA) is 50.7 Å². The van der Waals surface area contributed by atoms with Gasteiger partial charge in [0, 0.05) is 11.0 Å². The number of nitrogens with two attached hydrogens (primary N) is 1. The van der Waals surface area contributed by atoms with E-state index < -0.39 is 0 Å². The van der Waals surface area contributed by atoms with Crippen LogP contribution in [0.1, 0.15) is 13.8 Å². The molecule has 0 saturated heterocycles. The van der Waals surface area contributed by atoms with Crippen LogP contribution in [0.4, 0.5) is 0 Å². The summed E-state index contributed by atoms with van der Waals surface area (Å²) in [5, 5.41) is 7.36. The second-order valence-electron chi connectivity index (χ2n) is 1.68. The molecule has 1 atom stereocenters. The third-order valence-electron chi connectivity index (χ3n) is 0.887. The van der Waals surface area contributed by atoms with Crippen molar-refractivity contribution in [2.24, 2.45) is 15.9 Å². The molecule has 0 spiro atoms. The van der Waals surface area contributed by atoms with Gasteiger partial charge in [-0.15, -0.1) is 5.10 Å². The van der Waals surface area contributed by atoms with Crippen LogP contribution < -0.4 is 5.73 Å². The molecule has 0 aliphatic rings. The molecule has 0 aromatic carbocycles. The molecule has 2 N–H and O–H groups in total. The molecule has 0 saturated carbocycles. The summed E-state index contributed by atoms with van der Waals surface area (Å²) in [5.74, 6) is 0. The SMILES string of the molecule is C/C(=N\N=CN)[C@H](C)S. The van der Waals surface area contributed by atoms with E-state index in [4.69, 9.17) is 5.73 Å². The molecule has 52 valence electrons. The molecule has 0 aliphatic carbocycles. The summed E-state index contributed by atoms with van der Waals surface area (Å²) < 4.78 is 0. The number of rotatable bonds is 2. The molecule has 4 heteroatoms. The Bertz CT molecular complexity index is 128. The van der Waals surface area contributed by atoms with Crippen LogP contribution in [0.5, 0.6) is 0 Å². The number of hydrogen-bond acceptors (Lipinski definition) is 3. The van der Waals surface area contributed by atoms with E-state index in [1.54, 1.807) is 0 Å². The zero-order valence-electron chi connectivity index (χ0n) is 5.57. The van der Waals surface area contributed by atoms with E-state index in [1.807, 2.05) is 13.8 Å². The Kier molecular flexibility index (Phi) is 4.13. The van der Waals surface area contributed by atoms with E-state index in [9.17, 15) is 0 Å². The Hall–Kier alpha value is -0.510. The molecule has 0 fully saturated rings. The first-order valence-corrected chi connectivity index (χ1v) is 3.16. The summed E-state index contributed by atoms with van der Waals surface area (Å²) in [6.07, 6.45) is 1.15. The van der Waals surface area contributed by atoms with Crippen LogP contribution in [0.25, 0.3) is 0 Å². The standard InChI is InChI=1S/C5H11N3S/c1-4(5(2)9)8-7-3-6/h3,5,9H,1-2H3,(H2,6,7)/b8-4+/t5-/m0/s1. The Morgan fingerprint density at radius 2 is 2.33 bits per heavy atom. The van der Waals surface area contributed by atoms with Gasteiger partial charge < -0.3 is 5.73 Å². The smallest absolute Gasteiger partial charge is 0.108 e. The maximum atomic E-state index is 4.95. The van der Waals surface area contributed by atoms with Crippen LogP contribution in [0.15, 0.2) is 10.2 Å². The predicted molar refractivity (Wildman–Crippen MR) is 44.2 cm³/mol. The Labute approximate surface area is 60.5 Å². The number of hydrogen-bond donors (Lipinski definition) is 2. The lowest BCUT2D eigenvalue weighted by Crippen LogP contribution is -2.04. The molecule has 0 rings (SSSR count). The van der Waals surface area contributed by atoms with E-state index in [0.29, 0.717) is 0 Å². The van der Waals surface area contributed by atoms with Gasteiger partial charge in [0.25, 0.3) is 0 Å². The van der Waals surface area contributed by atoms with Crippen molar-refractivity contribution in [2.45, 2.75) is 19.1 Å². The maximum Gasteiger partial charge on any atom is 0.108 e. The first kappa shape index (κ1) is 8.49. The highest BCUT2D eigenvalue weighted by atomic mass is 32.1. The van der Waals surface area contributed by atoms with E-state index in [1.165, 1.54) is 0 Å². The van der Waals surface area contributed by atoms with Gasteiger partial charge >= 0.3 is 0 Å². The van der Waals surface area contributed by atoms with Crippen molar-refractivity contribution >= 4 is 24.7 Å². The summed E-state index contributed by atoms with van der Waals surface area (Å²) >= 11 is 4.12. The van der Waals surface area contributed by atoms with Crippen LogP contribution in [0, 0.1) is 0 Å². The third kappa shape index (κ3) is 4.02. The fourth-order valence-corrected chi connectivity index (χ4v) is 0.260. The molecule has 0 bridgehead atoms. The summed E-state index contributed by atoms with van der Waals surface area (Å²) in [5.41, 5.74) is 5.81. The number of nitrogens with zero attached hydrogens (tertiary/aromatic N) is 2. The average Bonchev–Trinajstić information content (AvgIpc) is 1.82. The Morgan fingerprint density at radius 3 is 2.67 bits per heavy atom. The molecule has 0 aliphatic heterocycles. The van der Waals surface area contributed by atoms with Gasteiger partial charge in [-0.05, 0) is 13.8 Å². The molecule has 0 aromatic heterocycles. The molecule has 0 heterocycles. The summed E-state index contributed by atoms with van der Waals surface area (Å²) in [7, 11) is 0. The molecule has 0 unspecified atom stereocenters. The van der Waals surface area contributed by atoms with E-state index in [2.05, 4.69) is 22.8 Å². The lowest BCUT2D eigenvalue weighted by molar-refractivity contribution is 1.18. The highest BCUT2D eigenvalue weighted by Crippen LogP contribution is 1.95. The minimum atomic E-state index is 0.147. The monoisotopic (exact) mass is 145 g/mol. The van der Waals surface area contributed by atoms with Gasteiger partial charge in [0.15, 0.2) is 0 Å². The quantitative estimate of drug-likeness (QED) is 0.255. The van der Waals surface area contributed by atoms with Crippen molar-refractivity contribution in [3.63, 3.8) is 0 Å². The molecule has 0 amide bonds. The fourth-order valence-electron chi connectivity index (χ4n) is 0.208. The van der Waals surface area contributed by atoms with Crippen molar-refractivity contribution in [1.29, 1.82) is 0 Å². The second kappa shape index (κ2) is 4.38. The normalized spacial score (nSPS) is 16.6. The molecular weight excluding hydrogens is 134 g/mol. The van der Waals surface area contributed by atoms with Gasteiger partial charge in [-0.25, -0.2) is 0 Å². The first-order chi connectivity index (χ1) is 4.18. The van der Waals surface area contributed by atoms with Crippen molar-refractivity contribution in [3.8, 4) is 0 Å². The zero-order chi connectivity index (χ0) is 7.28. The van der Waals surface area contributed by atoms with Crippen LogP contribution in [-0.4, -0.2) is 17.3 Å². The minimum absolute atomic E-state index is 0.147. The highest BCUT2D eigenvalue weighted by Gasteiger charge is 1.95. The molecule has 0 aromatic rings. The van der Waals surface area contributed by atoms with Crippen molar-refractivity contribution in [2.75, 3.05) is 0 Å². The molecule has 9 heavy (non-hydrogen) atoms. The second-order valence-corrected chi connectivity index (χ2v) is 2.46. The summed E-state index contributed by atoms with van der Waals surface area (Å²) in [6, 6.07) is 0. The lowest BCUT2D eigenvalue weighted by Gasteiger charge is -1.97. The average molecular weight is 145 g/mol. The van der Waals surface area contributed by atoms with Gasteiger partial charge in [0.2, 0.25) is 0 Å². The Morgan fingerprint density at radius 1 is 1.78 bits per heavy atom. The van der Waals surface area contributed by atoms with Gasteiger partial charge in [-0.3, -0.25) is 0 Å². The molecule has 0 radical (unpaired) electrons. The van der Waals surface area contributed by atoms with Gasteiger partial charge in [0.05, 0.1) is 0 Å². The number of thiol groups is 1. The van der Waals surface area contributed by atoms with Crippen LogP contribution >= 0.6 is 12.6 Å². The largest absolute Gasteiger partial charge is 0.388 e. The highest BCUT2D eigenvalue weighted by molar-refractivity contribution is 7.81. The van der Waals surface area contributed by atoms with Crippen molar-refractivity contribution < 1.29 is 0 Å². The van der Waals surface area contributed by atoms with E-state index in [0.717, 1.165) is 12.1 Å². The zero-order valence-corrected chi connectivity index (χ0v) is 6.47. The lowest BCUT2D eigenvalue weighted by atomic mass is 10.3. The van der Waals surface area contributed by atoms with Crippen molar-refractivity contribution in [3.05, 3.63) is 0 Å². The van der Waals surface area contributed by atoms with E-state index in [-0.39, 0.29) is 5.25 Å². The molecule has 3 nitrogen and oxygen atoms in total. The fraction of sp³-hybridized carbons (Fsp3) is 0.600. The summed E-state index contributed by atoms with van der Waals surface area (Å²) in [4.78, 5) is 0. The van der Waals surface area contributed by atoms with Gasteiger partial charge in [0.1, 0.15) is 6.34 Å².